The van der Waals surface area contributed by atoms with Gasteiger partial charge in [0.1, 0.15) is 72.2 Å². The van der Waals surface area contributed by atoms with Crippen LogP contribution in [0.25, 0.3) is 10.8 Å². The van der Waals surface area contributed by atoms with Gasteiger partial charge in [-0.15, -0.1) is 0 Å². The number of guanidine groups is 1. The minimum absolute atomic E-state index is 0.00114. The van der Waals surface area contributed by atoms with Crippen LogP contribution in [-0.2, 0) is 81.6 Å². The number of rotatable bonds is 28. The number of aliphatic imine (C=N–C) groups is 1. The predicted octanol–water partition coefficient (Wildman–Crippen LogP) is -2.00. The molecule has 4 aromatic rings. The molecule has 11 atom stereocenters. The summed E-state index contributed by atoms with van der Waals surface area (Å²) in [6.07, 6.45) is -0.827. The first-order valence-electron chi connectivity index (χ1n) is 33.0. The van der Waals surface area contributed by atoms with Gasteiger partial charge in [0.15, 0.2) is 5.96 Å². The quantitative estimate of drug-likeness (QED) is 0.0166. The van der Waals surface area contributed by atoms with Crippen molar-refractivity contribution in [3.8, 4) is 5.75 Å². The summed E-state index contributed by atoms with van der Waals surface area (Å²) in [6, 6.07) is 9.05. The number of phenols is 1. The number of nitrogens with zero attached hydrogens (tertiary/aromatic N) is 2. The number of phenolic OH excluding ortho intramolecular Hbond substituents is 1. The number of likely N-dealkylation sites (tertiary alicyclic amines) is 1. The van der Waals surface area contributed by atoms with E-state index in [0.717, 1.165) is 17.7 Å². The molecule has 4 aromatic carbocycles. The maximum absolute atomic E-state index is 15.1. The molecule has 100 heavy (non-hydrogen) atoms. The zero-order valence-electron chi connectivity index (χ0n) is 56.4. The van der Waals surface area contributed by atoms with Crippen molar-refractivity contribution >= 4 is 105 Å². The number of halogens is 1. The highest BCUT2D eigenvalue weighted by Gasteiger charge is 2.41. The normalized spacial score (nSPS) is 19.4. The summed E-state index contributed by atoms with van der Waals surface area (Å²) >= 11 is 6.15. The maximum Gasteiger partial charge on any atom is 0.245 e. The van der Waals surface area contributed by atoms with Crippen LogP contribution in [0.1, 0.15) is 103 Å². The van der Waals surface area contributed by atoms with Crippen LogP contribution in [0, 0.1) is 5.92 Å². The van der Waals surface area contributed by atoms with Gasteiger partial charge in [-0.2, -0.15) is 0 Å². The third-order valence-corrected chi connectivity index (χ3v) is 16.9. The zero-order chi connectivity index (χ0) is 73.3. The Morgan fingerprint density at radius 3 is 1.89 bits per heavy atom. The number of aliphatic hydroxyl groups excluding tert-OH is 1. The average Bonchev–Trinajstić information content (AvgIpc) is 1.51. The number of nitrogens with two attached hydrogens (primary N) is 3. The molecular weight excluding hydrogens is 1320 g/mol. The molecule has 31 nitrogen and oxygen atoms in total. The van der Waals surface area contributed by atoms with E-state index < -0.39 is 156 Å². The van der Waals surface area contributed by atoms with Crippen molar-refractivity contribution in [3.05, 3.63) is 113 Å². The molecule has 6 rings (SSSR count). The van der Waals surface area contributed by atoms with Gasteiger partial charge in [-0.3, -0.25) is 67.3 Å². The smallest absolute Gasteiger partial charge is 0.245 e. The Hall–Kier alpha value is -10.4. The molecule has 0 aliphatic carbocycles. The molecule has 32 heteroatoms. The van der Waals surface area contributed by atoms with E-state index in [1.807, 2.05) is 30.3 Å². The summed E-state index contributed by atoms with van der Waals surface area (Å²) < 4.78 is 0. The Kier molecular flexibility index (Phi) is 29.9. The highest BCUT2D eigenvalue weighted by atomic mass is 35.5. The van der Waals surface area contributed by atoms with Gasteiger partial charge in [-0.1, -0.05) is 92.2 Å². The van der Waals surface area contributed by atoms with Gasteiger partial charge in [0.05, 0.1) is 13.0 Å². The largest absolute Gasteiger partial charge is 0.508 e. The number of aromatic hydroxyl groups is 1. The van der Waals surface area contributed by atoms with E-state index in [2.05, 4.69) is 63.5 Å². The van der Waals surface area contributed by atoms with Gasteiger partial charge >= 0.3 is 0 Å². The number of carbonyl (C=O) groups excluding carboxylic acids is 13. The summed E-state index contributed by atoms with van der Waals surface area (Å²) in [6.45, 7) is 6.46. The molecule has 19 N–H and O–H groups in total. The molecule has 2 aliphatic rings. The first-order valence-corrected chi connectivity index (χ1v) is 33.4. The van der Waals surface area contributed by atoms with Gasteiger partial charge in [0.2, 0.25) is 76.8 Å². The van der Waals surface area contributed by atoms with Crippen LogP contribution in [0.5, 0.6) is 5.75 Å². The van der Waals surface area contributed by atoms with Crippen molar-refractivity contribution in [1.82, 2.24) is 63.4 Å². The van der Waals surface area contributed by atoms with Crippen molar-refractivity contribution in [3.63, 3.8) is 0 Å². The molecule has 2 saturated heterocycles. The molecule has 0 spiro atoms. The van der Waals surface area contributed by atoms with Crippen molar-refractivity contribution in [1.29, 1.82) is 0 Å². The van der Waals surface area contributed by atoms with Crippen molar-refractivity contribution in [2.75, 3.05) is 26.2 Å². The van der Waals surface area contributed by atoms with Crippen molar-refractivity contribution in [2.24, 2.45) is 28.1 Å². The number of fused-ring (bicyclic) bond motifs is 1. The standard InChI is InChI=1S/C68H91ClN16O15/c1-36(2)29-49(60(93)79-48(14-9-27-74-68(71)72)67(100)85-28-10-15-55(85)66(99)76-37(3)57(70)90)80-63(96)52(33-42-16-21-43-11-6-7-12-44(43)30-42)82-62(95)51(32-41-19-24-46(88)25-20-41)83-65(98)54(35-86)84-59(92)47-13-8-26-73-58(91)38(4)75-56(89)34-53(77-39(5)87)64(97)81-50(61(94)78-47)31-40-17-22-45(69)23-18-40/h6-7,11-12,16-25,30,36-38,47-55,86,88H,8-10,13-15,26-29,31-35H2,1-5H3,(H2,70,90)(H,73,91)(H,75,89)(H,76,99)(H,77,87)(H,78,94)(H,79,93)(H,80,96)(H,81,97)(H,82,95)(H,83,98)(H,84,92)(H4,71,72,74)/t37-,38+,47-,48+,49+,50-,51+,52-,53-,54+,55+/m1/s1. The van der Waals surface area contributed by atoms with Crippen LogP contribution in [0.4, 0.5) is 0 Å². The van der Waals surface area contributed by atoms with E-state index in [0.29, 0.717) is 28.1 Å². The number of primary amides is 1. The Morgan fingerprint density at radius 1 is 0.660 bits per heavy atom. The number of amides is 13. The van der Waals surface area contributed by atoms with Crippen LogP contribution in [0.15, 0.2) is 96.0 Å². The van der Waals surface area contributed by atoms with Gasteiger partial charge in [-0.05, 0) is 116 Å². The molecule has 0 saturated carbocycles. The van der Waals surface area contributed by atoms with Crippen LogP contribution in [0.3, 0.4) is 0 Å². The van der Waals surface area contributed by atoms with E-state index in [4.69, 9.17) is 28.8 Å². The number of carbonyl (C=O) groups is 13. The lowest BCUT2D eigenvalue weighted by Gasteiger charge is -2.31. The SMILES string of the molecule is CC(=O)N[C@@H]1CC(=O)N[C@@H](C)C(=O)NCCC[C@H](C(=O)N[C@@H](CO)C(=O)N[C@@H](Cc2ccc(O)cc2)C(=O)N[C@H](Cc2ccc3ccccc3c2)C(=O)N[C@@H](CC(C)C)C(=O)N[C@@H](CCCN=C(N)N)C(=O)N2CCC[C@H]2C(=O)N[C@H](C)C(N)=O)NC(=O)[C@@H](Cc2ccc(Cl)cc2)NC1=O. The molecule has 0 aromatic heterocycles. The predicted molar refractivity (Wildman–Crippen MR) is 368 cm³/mol. The van der Waals surface area contributed by atoms with E-state index >= 15 is 9.59 Å². The monoisotopic (exact) mass is 1410 g/mol. The topological polar surface area (TPSA) is 488 Å². The van der Waals surface area contributed by atoms with Crippen LogP contribution >= 0.6 is 11.6 Å². The lowest BCUT2D eigenvalue weighted by atomic mass is 9.98. The summed E-state index contributed by atoms with van der Waals surface area (Å²) in [5.41, 5.74) is 18.0. The highest BCUT2D eigenvalue weighted by molar-refractivity contribution is 6.30. The Labute approximate surface area is 583 Å². The Bertz CT molecular complexity index is 3630. The minimum Gasteiger partial charge on any atom is -0.508 e. The van der Waals surface area contributed by atoms with E-state index in [1.165, 1.54) is 55.1 Å². The highest BCUT2D eigenvalue weighted by Crippen LogP contribution is 2.22. The summed E-state index contributed by atoms with van der Waals surface area (Å²) in [4.78, 5) is 186. The number of hydrogen-bond acceptors (Lipinski definition) is 16. The average molecular weight is 1410 g/mol. The summed E-state index contributed by atoms with van der Waals surface area (Å²) in [5, 5.41) is 51.7. The van der Waals surface area contributed by atoms with Crippen LogP contribution in [0.2, 0.25) is 5.02 Å². The van der Waals surface area contributed by atoms with Crippen LogP contribution < -0.4 is 75.7 Å². The summed E-state index contributed by atoms with van der Waals surface area (Å²) in [5.74, 6) is -11.6. The van der Waals surface area contributed by atoms with Crippen molar-refractivity contribution < 1.29 is 72.5 Å². The molecule has 2 fully saturated rings. The van der Waals surface area contributed by atoms with E-state index in [9.17, 15) is 63.0 Å². The van der Waals surface area contributed by atoms with E-state index in [-0.39, 0.29) is 95.0 Å². The third-order valence-electron chi connectivity index (χ3n) is 16.7. The fourth-order valence-corrected chi connectivity index (χ4v) is 11.5. The Balaban J connectivity index is 1.30. The minimum atomic E-state index is -1.86. The number of aliphatic hydroxyl groups is 1. The first-order chi connectivity index (χ1) is 47.5. The number of hydrogen-bond donors (Lipinski definition) is 16. The maximum atomic E-state index is 15.1. The fourth-order valence-electron chi connectivity index (χ4n) is 11.3. The summed E-state index contributed by atoms with van der Waals surface area (Å²) in [7, 11) is 0. The lowest BCUT2D eigenvalue weighted by Crippen LogP contribution is -2.61. The Morgan fingerprint density at radius 2 is 1.26 bits per heavy atom. The van der Waals surface area contributed by atoms with Gasteiger partial charge in [0.25, 0.3) is 0 Å². The zero-order valence-corrected chi connectivity index (χ0v) is 57.2. The molecule has 13 amide bonds. The molecule has 2 heterocycles. The number of nitrogens with one attached hydrogen (secondary N) is 11. The first kappa shape index (κ1) is 78.6. The fraction of sp³-hybridized carbons (Fsp3) is 0.471. The molecular formula is C68H91ClN16O15. The van der Waals surface area contributed by atoms with Gasteiger partial charge < -0.3 is 90.8 Å². The van der Waals surface area contributed by atoms with Crippen molar-refractivity contribution in [2.45, 2.75) is 172 Å². The molecule has 540 valence electrons. The second-order valence-corrected chi connectivity index (χ2v) is 25.7. The second-order valence-electron chi connectivity index (χ2n) is 25.3. The molecule has 2 aliphatic heterocycles. The van der Waals surface area contributed by atoms with Crippen LogP contribution in [-0.4, -0.2) is 191 Å². The second kappa shape index (κ2) is 38.1. The van der Waals surface area contributed by atoms with Gasteiger partial charge in [0, 0.05) is 50.8 Å². The van der Waals surface area contributed by atoms with E-state index in [1.54, 1.807) is 38.1 Å². The van der Waals surface area contributed by atoms with Gasteiger partial charge in [-0.25, -0.2) is 0 Å². The lowest BCUT2D eigenvalue weighted by molar-refractivity contribution is -0.142. The number of benzene rings is 4. The molecule has 0 radical (unpaired) electrons. The third kappa shape index (κ3) is 24.5. The molecule has 0 bridgehead atoms. The molecule has 0 unspecified atom stereocenters.